The summed E-state index contributed by atoms with van der Waals surface area (Å²) in [4.78, 5) is 11.5. The van der Waals surface area contributed by atoms with Crippen molar-refractivity contribution in [1.82, 2.24) is 5.32 Å². The van der Waals surface area contributed by atoms with Gasteiger partial charge in [-0.3, -0.25) is 4.79 Å². The highest BCUT2D eigenvalue weighted by Gasteiger charge is 2.34. The first-order valence-corrected chi connectivity index (χ1v) is 8.82. The molecular weight excluding hydrogens is 282 g/mol. The number of carboxylic acid groups (broad SMARTS) is 1. The van der Waals surface area contributed by atoms with Gasteiger partial charge in [-0.25, -0.2) is 0 Å². The molecule has 0 aromatic heterocycles. The van der Waals surface area contributed by atoms with Gasteiger partial charge in [0, 0.05) is 5.75 Å². The van der Waals surface area contributed by atoms with Gasteiger partial charge in [-0.2, -0.15) is 11.8 Å². The highest BCUT2D eigenvalue weighted by Crippen LogP contribution is 2.22. The molecule has 0 spiro atoms. The largest absolute Gasteiger partial charge is 0.480 e. The SMILES string of the molecule is CCNC(CC)(CCCSCc1ccccc1C)C(=O)O. The smallest absolute Gasteiger partial charge is 0.323 e. The van der Waals surface area contributed by atoms with Gasteiger partial charge in [-0.1, -0.05) is 38.1 Å². The average Bonchev–Trinajstić information content (AvgIpc) is 2.47. The second-order valence-corrected chi connectivity index (χ2v) is 6.46. The minimum atomic E-state index is -0.752. The lowest BCUT2D eigenvalue weighted by Gasteiger charge is -2.29. The van der Waals surface area contributed by atoms with Gasteiger partial charge in [0.1, 0.15) is 5.54 Å². The van der Waals surface area contributed by atoms with E-state index in [-0.39, 0.29) is 0 Å². The van der Waals surface area contributed by atoms with Crippen LogP contribution in [0, 0.1) is 6.92 Å². The van der Waals surface area contributed by atoms with Gasteiger partial charge in [-0.15, -0.1) is 0 Å². The van der Waals surface area contributed by atoms with Crippen LogP contribution in [-0.2, 0) is 10.5 Å². The molecule has 21 heavy (non-hydrogen) atoms. The van der Waals surface area contributed by atoms with Crippen LogP contribution >= 0.6 is 11.8 Å². The third-order valence-electron chi connectivity index (χ3n) is 3.94. The van der Waals surface area contributed by atoms with Gasteiger partial charge in [0.15, 0.2) is 0 Å². The number of likely N-dealkylation sites (N-methyl/N-ethyl adjacent to an activating group) is 1. The Morgan fingerprint density at radius 2 is 2.05 bits per heavy atom. The summed E-state index contributed by atoms with van der Waals surface area (Å²) in [5.74, 6) is 1.27. The molecule has 4 heteroatoms. The molecule has 0 aliphatic rings. The molecular formula is C17H27NO2S. The van der Waals surface area contributed by atoms with Crippen molar-refractivity contribution in [3.8, 4) is 0 Å². The Morgan fingerprint density at radius 3 is 2.62 bits per heavy atom. The predicted molar refractivity (Wildman–Crippen MR) is 90.9 cm³/mol. The van der Waals surface area contributed by atoms with E-state index < -0.39 is 11.5 Å². The second kappa shape index (κ2) is 9.11. The molecule has 1 atom stereocenters. The van der Waals surface area contributed by atoms with E-state index >= 15 is 0 Å². The average molecular weight is 309 g/mol. The molecule has 2 N–H and O–H groups in total. The van der Waals surface area contributed by atoms with E-state index in [2.05, 4.69) is 36.5 Å². The van der Waals surface area contributed by atoms with Crippen molar-refractivity contribution in [1.29, 1.82) is 0 Å². The van der Waals surface area contributed by atoms with Gasteiger partial charge in [-0.05, 0) is 49.6 Å². The number of carbonyl (C=O) groups is 1. The number of hydrogen-bond acceptors (Lipinski definition) is 3. The molecule has 0 fully saturated rings. The zero-order chi connectivity index (χ0) is 15.7. The first kappa shape index (κ1) is 18.1. The fourth-order valence-electron chi connectivity index (χ4n) is 2.49. The van der Waals surface area contributed by atoms with E-state index in [0.717, 1.165) is 17.9 Å². The normalized spacial score (nSPS) is 13.9. The number of rotatable bonds is 10. The van der Waals surface area contributed by atoms with Crippen LogP contribution in [0.4, 0.5) is 0 Å². The summed E-state index contributed by atoms with van der Waals surface area (Å²) in [6.45, 7) is 6.72. The molecule has 1 unspecified atom stereocenters. The molecule has 0 heterocycles. The summed E-state index contributed by atoms with van der Waals surface area (Å²) in [5.41, 5.74) is 1.94. The molecule has 0 radical (unpaired) electrons. The summed E-state index contributed by atoms with van der Waals surface area (Å²) < 4.78 is 0. The Balaban J connectivity index is 2.38. The van der Waals surface area contributed by atoms with Crippen molar-refractivity contribution in [3.63, 3.8) is 0 Å². The first-order valence-electron chi connectivity index (χ1n) is 7.66. The van der Waals surface area contributed by atoms with E-state index in [9.17, 15) is 9.90 Å². The Labute approximate surface area is 132 Å². The van der Waals surface area contributed by atoms with Crippen LogP contribution in [0.15, 0.2) is 24.3 Å². The van der Waals surface area contributed by atoms with Crippen LogP contribution in [0.2, 0.25) is 0 Å². The lowest BCUT2D eigenvalue weighted by atomic mass is 9.91. The van der Waals surface area contributed by atoms with Crippen LogP contribution in [0.5, 0.6) is 0 Å². The van der Waals surface area contributed by atoms with E-state index in [1.54, 1.807) is 0 Å². The van der Waals surface area contributed by atoms with E-state index in [1.807, 2.05) is 25.6 Å². The fourth-order valence-corrected chi connectivity index (χ4v) is 3.53. The third-order valence-corrected chi connectivity index (χ3v) is 5.03. The Kier molecular flexibility index (Phi) is 7.83. The molecule has 0 amide bonds. The van der Waals surface area contributed by atoms with Crippen molar-refractivity contribution in [2.45, 2.75) is 51.3 Å². The van der Waals surface area contributed by atoms with Crippen molar-refractivity contribution in [3.05, 3.63) is 35.4 Å². The van der Waals surface area contributed by atoms with E-state index in [4.69, 9.17) is 0 Å². The van der Waals surface area contributed by atoms with Crippen LogP contribution in [0.25, 0.3) is 0 Å². The molecule has 1 aromatic carbocycles. The highest BCUT2D eigenvalue weighted by atomic mass is 32.2. The van der Waals surface area contributed by atoms with Crippen molar-refractivity contribution >= 4 is 17.7 Å². The number of thioether (sulfide) groups is 1. The second-order valence-electron chi connectivity index (χ2n) is 5.35. The quantitative estimate of drug-likeness (QED) is 0.645. The van der Waals surface area contributed by atoms with Gasteiger partial charge >= 0.3 is 5.97 Å². The summed E-state index contributed by atoms with van der Waals surface area (Å²) in [5, 5.41) is 12.6. The van der Waals surface area contributed by atoms with Crippen LogP contribution in [0.1, 0.15) is 44.2 Å². The summed E-state index contributed by atoms with van der Waals surface area (Å²) in [6, 6.07) is 8.42. The Hall–Kier alpha value is -1.00. The molecule has 1 rings (SSSR count). The maximum Gasteiger partial charge on any atom is 0.323 e. The maximum absolute atomic E-state index is 11.5. The van der Waals surface area contributed by atoms with Crippen LogP contribution in [-0.4, -0.2) is 28.9 Å². The van der Waals surface area contributed by atoms with Crippen molar-refractivity contribution in [2.24, 2.45) is 0 Å². The van der Waals surface area contributed by atoms with Gasteiger partial charge < -0.3 is 10.4 Å². The van der Waals surface area contributed by atoms with E-state index in [1.165, 1.54) is 11.1 Å². The molecule has 0 aliphatic carbocycles. The summed E-state index contributed by atoms with van der Waals surface area (Å²) in [6.07, 6.45) is 2.23. The van der Waals surface area contributed by atoms with Crippen LogP contribution in [0.3, 0.4) is 0 Å². The number of carboxylic acids is 1. The standard InChI is InChI=1S/C17H27NO2S/c1-4-17(16(19)20,18-5-2)11-8-12-21-13-15-10-7-6-9-14(15)3/h6-7,9-10,18H,4-5,8,11-13H2,1-3H3,(H,19,20). The van der Waals surface area contributed by atoms with Gasteiger partial charge in [0.05, 0.1) is 0 Å². The third kappa shape index (κ3) is 5.36. The van der Waals surface area contributed by atoms with Crippen molar-refractivity contribution in [2.75, 3.05) is 12.3 Å². The minimum Gasteiger partial charge on any atom is -0.480 e. The first-order chi connectivity index (χ1) is 10.1. The number of hydrogen-bond donors (Lipinski definition) is 2. The van der Waals surface area contributed by atoms with Crippen molar-refractivity contribution < 1.29 is 9.90 Å². The summed E-state index contributed by atoms with van der Waals surface area (Å²) in [7, 11) is 0. The zero-order valence-corrected chi connectivity index (χ0v) is 14.1. The lowest BCUT2D eigenvalue weighted by Crippen LogP contribution is -2.51. The molecule has 118 valence electrons. The molecule has 0 aliphatic heterocycles. The lowest BCUT2D eigenvalue weighted by molar-refractivity contribution is -0.145. The maximum atomic E-state index is 11.5. The zero-order valence-electron chi connectivity index (χ0n) is 13.3. The number of nitrogens with one attached hydrogen (secondary N) is 1. The van der Waals surface area contributed by atoms with E-state index in [0.29, 0.717) is 19.4 Å². The highest BCUT2D eigenvalue weighted by molar-refractivity contribution is 7.98. The number of aryl methyl sites for hydroxylation is 1. The molecule has 0 saturated heterocycles. The van der Waals surface area contributed by atoms with Gasteiger partial charge in [0.25, 0.3) is 0 Å². The van der Waals surface area contributed by atoms with Gasteiger partial charge in [0.2, 0.25) is 0 Å². The Morgan fingerprint density at radius 1 is 1.33 bits per heavy atom. The number of benzene rings is 1. The molecule has 0 bridgehead atoms. The summed E-state index contributed by atoms with van der Waals surface area (Å²) >= 11 is 1.88. The number of aliphatic carboxylic acids is 1. The molecule has 0 saturated carbocycles. The molecule has 3 nitrogen and oxygen atoms in total. The topological polar surface area (TPSA) is 49.3 Å². The predicted octanol–water partition coefficient (Wildman–Crippen LogP) is 3.85. The van der Waals surface area contributed by atoms with Crippen LogP contribution < -0.4 is 5.32 Å². The fraction of sp³-hybridized carbons (Fsp3) is 0.588. The monoisotopic (exact) mass is 309 g/mol. The Bertz CT molecular complexity index is 450. The minimum absolute atomic E-state index is 0.624. The molecule has 1 aromatic rings.